The molecule has 2 aromatic rings. The van der Waals surface area contributed by atoms with Gasteiger partial charge in [-0.25, -0.2) is 4.98 Å². The van der Waals surface area contributed by atoms with Crippen LogP contribution in [0.2, 0.25) is 0 Å². The van der Waals surface area contributed by atoms with Crippen LogP contribution in [0.3, 0.4) is 0 Å². The minimum Gasteiger partial charge on any atom is -0.481 e. The van der Waals surface area contributed by atoms with Crippen molar-refractivity contribution >= 4 is 11.9 Å². The molecular formula is C16H22N6O3. The van der Waals surface area contributed by atoms with Crippen LogP contribution >= 0.6 is 0 Å². The number of carbonyl (C=O) groups is 2. The molecule has 2 N–H and O–H groups in total. The van der Waals surface area contributed by atoms with E-state index in [0.717, 1.165) is 25.0 Å². The van der Waals surface area contributed by atoms with Gasteiger partial charge in [-0.3, -0.25) is 19.4 Å². The van der Waals surface area contributed by atoms with Gasteiger partial charge < -0.3 is 10.0 Å². The summed E-state index contributed by atoms with van der Waals surface area (Å²) in [4.78, 5) is 28.8. The molecule has 1 aliphatic heterocycles. The van der Waals surface area contributed by atoms with Gasteiger partial charge in [0.25, 0.3) is 0 Å². The van der Waals surface area contributed by atoms with Crippen LogP contribution in [-0.4, -0.2) is 59.9 Å². The molecule has 0 bridgehead atoms. The maximum atomic E-state index is 12.3. The maximum absolute atomic E-state index is 12.3. The number of hydrogen-bond donors (Lipinski definition) is 2. The minimum absolute atomic E-state index is 0.0455. The van der Waals surface area contributed by atoms with Crippen molar-refractivity contribution in [3.8, 4) is 0 Å². The lowest BCUT2D eigenvalue weighted by Crippen LogP contribution is -2.38. The van der Waals surface area contributed by atoms with Gasteiger partial charge >= 0.3 is 5.97 Å². The third-order valence-corrected chi connectivity index (χ3v) is 4.50. The Balaban J connectivity index is 1.42. The number of carbonyl (C=O) groups excluding carboxylic acids is 1. The highest BCUT2D eigenvalue weighted by Gasteiger charge is 2.25. The number of aromatic amines is 1. The lowest BCUT2D eigenvalue weighted by Gasteiger charge is -2.31. The fraction of sp³-hybridized carbons (Fsp3) is 0.562. The Morgan fingerprint density at radius 3 is 2.80 bits per heavy atom. The lowest BCUT2D eigenvalue weighted by molar-refractivity contribution is -0.136. The van der Waals surface area contributed by atoms with Gasteiger partial charge in [0.1, 0.15) is 12.7 Å². The molecule has 0 aromatic carbocycles. The number of aromatic nitrogens is 5. The monoisotopic (exact) mass is 346 g/mol. The number of carboxylic acids is 1. The Kier molecular flexibility index (Phi) is 5.42. The Labute approximate surface area is 145 Å². The third-order valence-electron chi connectivity index (χ3n) is 4.50. The summed E-state index contributed by atoms with van der Waals surface area (Å²) >= 11 is 0. The molecule has 134 valence electrons. The highest BCUT2D eigenvalue weighted by Crippen LogP contribution is 2.27. The molecule has 0 unspecified atom stereocenters. The summed E-state index contributed by atoms with van der Waals surface area (Å²) in [6.07, 6.45) is 6.06. The maximum Gasteiger partial charge on any atom is 0.309 e. The first-order valence-electron chi connectivity index (χ1n) is 8.48. The molecule has 1 saturated heterocycles. The molecule has 0 radical (unpaired) electrons. The molecule has 0 saturated carbocycles. The fourth-order valence-electron chi connectivity index (χ4n) is 3.17. The van der Waals surface area contributed by atoms with Gasteiger partial charge in [-0.15, -0.1) is 0 Å². The smallest absolute Gasteiger partial charge is 0.309 e. The second-order valence-corrected chi connectivity index (χ2v) is 6.31. The minimum atomic E-state index is -0.874. The number of amides is 1. The summed E-state index contributed by atoms with van der Waals surface area (Å²) in [5.74, 6) is -0.424. The zero-order valence-electron chi connectivity index (χ0n) is 14.0. The number of nitrogens with zero attached hydrogens (tertiary/aromatic N) is 5. The average molecular weight is 346 g/mol. The first-order valence-corrected chi connectivity index (χ1v) is 8.48. The van der Waals surface area contributed by atoms with E-state index in [1.165, 1.54) is 6.33 Å². The summed E-state index contributed by atoms with van der Waals surface area (Å²) in [6, 6.07) is 1.83. The van der Waals surface area contributed by atoms with E-state index in [2.05, 4.69) is 20.3 Å². The van der Waals surface area contributed by atoms with Crippen LogP contribution in [0.15, 0.2) is 18.7 Å². The number of likely N-dealkylation sites (tertiary alicyclic amines) is 1. The number of aliphatic carboxylic acids is 1. The number of piperidine rings is 1. The molecule has 1 amide bonds. The van der Waals surface area contributed by atoms with Crippen LogP contribution in [-0.2, 0) is 22.6 Å². The predicted octanol–water partition coefficient (Wildman–Crippen LogP) is 0.815. The van der Waals surface area contributed by atoms with Crippen LogP contribution in [0.1, 0.15) is 43.0 Å². The number of carboxylic acid groups (broad SMARTS) is 1. The quantitative estimate of drug-likeness (QED) is 0.766. The molecule has 0 atom stereocenters. The second-order valence-electron chi connectivity index (χ2n) is 6.31. The number of hydrogen-bond acceptors (Lipinski definition) is 5. The standard InChI is InChI=1S/C16H22N6O3/c23-15(2-1-5-22-11-17-10-18-22)21-6-3-12(4-7-21)14-8-13(19-20-14)9-16(24)25/h8,10-12H,1-7,9H2,(H,19,20)(H,24,25). The third kappa shape index (κ3) is 4.65. The van der Waals surface area contributed by atoms with Crippen molar-refractivity contribution in [2.75, 3.05) is 13.1 Å². The Morgan fingerprint density at radius 2 is 2.12 bits per heavy atom. The number of nitrogens with one attached hydrogen (secondary N) is 1. The summed E-state index contributed by atoms with van der Waals surface area (Å²) in [6.45, 7) is 2.13. The summed E-state index contributed by atoms with van der Waals surface area (Å²) < 4.78 is 1.73. The first-order chi connectivity index (χ1) is 12.1. The summed E-state index contributed by atoms with van der Waals surface area (Å²) in [7, 11) is 0. The van der Waals surface area contributed by atoms with Crippen molar-refractivity contribution < 1.29 is 14.7 Å². The van der Waals surface area contributed by atoms with Crippen LogP contribution in [0.5, 0.6) is 0 Å². The van der Waals surface area contributed by atoms with E-state index < -0.39 is 5.97 Å². The van der Waals surface area contributed by atoms with Gasteiger partial charge in [0.2, 0.25) is 5.91 Å². The zero-order chi connectivity index (χ0) is 17.6. The van der Waals surface area contributed by atoms with E-state index in [0.29, 0.717) is 31.7 Å². The Morgan fingerprint density at radius 1 is 1.32 bits per heavy atom. The van der Waals surface area contributed by atoms with E-state index >= 15 is 0 Å². The second kappa shape index (κ2) is 7.91. The van der Waals surface area contributed by atoms with Gasteiger partial charge in [0.15, 0.2) is 0 Å². The molecule has 25 heavy (non-hydrogen) atoms. The molecular weight excluding hydrogens is 324 g/mol. The first kappa shape index (κ1) is 17.1. The average Bonchev–Trinajstić information content (AvgIpc) is 3.26. The molecule has 9 nitrogen and oxygen atoms in total. The normalized spacial score (nSPS) is 15.4. The van der Waals surface area contributed by atoms with Crippen LogP contribution < -0.4 is 0 Å². The van der Waals surface area contributed by atoms with E-state index in [1.807, 2.05) is 11.0 Å². The van der Waals surface area contributed by atoms with Crippen molar-refractivity contribution in [2.24, 2.45) is 0 Å². The van der Waals surface area contributed by atoms with Gasteiger partial charge in [-0.1, -0.05) is 0 Å². The van der Waals surface area contributed by atoms with Crippen LogP contribution in [0.4, 0.5) is 0 Å². The molecule has 0 aliphatic carbocycles. The molecule has 3 heterocycles. The summed E-state index contributed by atoms with van der Waals surface area (Å²) in [5, 5.41) is 19.9. The molecule has 3 rings (SSSR count). The fourth-order valence-corrected chi connectivity index (χ4v) is 3.17. The van der Waals surface area contributed by atoms with Gasteiger partial charge in [0.05, 0.1) is 12.1 Å². The lowest BCUT2D eigenvalue weighted by atomic mass is 9.93. The molecule has 2 aromatic heterocycles. The molecule has 9 heteroatoms. The number of aryl methyl sites for hydroxylation is 1. The topological polar surface area (TPSA) is 117 Å². The number of rotatable bonds is 7. The van der Waals surface area contributed by atoms with E-state index in [4.69, 9.17) is 5.11 Å². The molecule has 1 aliphatic rings. The Bertz CT molecular complexity index is 703. The number of H-pyrrole nitrogens is 1. The van der Waals surface area contributed by atoms with E-state index in [1.54, 1.807) is 11.0 Å². The van der Waals surface area contributed by atoms with Gasteiger partial charge in [-0.2, -0.15) is 10.2 Å². The Hall–Kier alpha value is -2.71. The largest absolute Gasteiger partial charge is 0.481 e. The highest BCUT2D eigenvalue weighted by atomic mass is 16.4. The van der Waals surface area contributed by atoms with Crippen molar-refractivity contribution in [2.45, 2.75) is 44.6 Å². The van der Waals surface area contributed by atoms with Gasteiger partial charge in [-0.05, 0) is 25.3 Å². The van der Waals surface area contributed by atoms with Crippen molar-refractivity contribution in [3.05, 3.63) is 30.1 Å². The van der Waals surface area contributed by atoms with Crippen molar-refractivity contribution in [3.63, 3.8) is 0 Å². The SMILES string of the molecule is O=C(O)Cc1cc(C2CCN(C(=O)CCCn3cncn3)CC2)n[nH]1. The highest BCUT2D eigenvalue weighted by molar-refractivity contribution is 5.76. The van der Waals surface area contributed by atoms with E-state index in [9.17, 15) is 9.59 Å². The van der Waals surface area contributed by atoms with Crippen molar-refractivity contribution in [1.82, 2.24) is 29.9 Å². The molecule has 1 fully saturated rings. The molecule has 0 spiro atoms. The van der Waals surface area contributed by atoms with Gasteiger partial charge in [0, 0.05) is 37.7 Å². The predicted molar refractivity (Wildman–Crippen MR) is 87.7 cm³/mol. The van der Waals surface area contributed by atoms with Crippen LogP contribution in [0.25, 0.3) is 0 Å². The van der Waals surface area contributed by atoms with Crippen molar-refractivity contribution in [1.29, 1.82) is 0 Å². The zero-order valence-corrected chi connectivity index (χ0v) is 14.0. The summed E-state index contributed by atoms with van der Waals surface area (Å²) in [5.41, 5.74) is 1.52. The van der Waals surface area contributed by atoms with Crippen LogP contribution in [0, 0.1) is 0 Å². The van der Waals surface area contributed by atoms with E-state index in [-0.39, 0.29) is 18.2 Å².